The van der Waals surface area contributed by atoms with Gasteiger partial charge in [-0.3, -0.25) is 4.79 Å². The van der Waals surface area contributed by atoms with Gasteiger partial charge in [-0.25, -0.2) is 9.78 Å². The molecule has 1 aliphatic rings. The highest BCUT2D eigenvalue weighted by Gasteiger charge is 2.23. The molecule has 0 radical (unpaired) electrons. The summed E-state index contributed by atoms with van der Waals surface area (Å²) in [4.78, 5) is 31.4. The lowest BCUT2D eigenvalue weighted by molar-refractivity contribution is 0.0695. The van der Waals surface area contributed by atoms with E-state index in [-0.39, 0.29) is 17.5 Å². The average molecular weight is 425 g/mol. The Labute approximate surface area is 178 Å². The van der Waals surface area contributed by atoms with E-state index in [9.17, 15) is 14.7 Å². The molecule has 0 spiro atoms. The second-order valence-corrected chi connectivity index (χ2v) is 7.09. The van der Waals surface area contributed by atoms with Crippen molar-refractivity contribution in [2.24, 2.45) is 0 Å². The molecule has 2 aromatic heterocycles. The highest BCUT2D eigenvalue weighted by molar-refractivity contribution is 5.92. The maximum Gasteiger partial charge on any atom is 0.341 e. The van der Waals surface area contributed by atoms with Gasteiger partial charge in [0.25, 0.3) is 0 Å². The van der Waals surface area contributed by atoms with E-state index in [0.29, 0.717) is 41.9 Å². The molecule has 162 valence electrons. The Morgan fingerprint density at radius 2 is 2.06 bits per heavy atom. The average Bonchev–Trinajstić information content (AvgIpc) is 2.79. The number of hydrogen-bond donors (Lipinski definition) is 1. The zero-order chi connectivity index (χ0) is 22.1. The second kappa shape index (κ2) is 8.17. The van der Waals surface area contributed by atoms with Crippen LogP contribution in [-0.4, -0.2) is 54.5 Å². The van der Waals surface area contributed by atoms with E-state index < -0.39 is 11.4 Å². The predicted octanol–water partition coefficient (Wildman–Crippen LogP) is 2.38. The summed E-state index contributed by atoms with van der Waals surface area (Å²) in [6.07, 6.45) is 1.33. The monoisotopic (exact) mass is 425 g/mol. The fourth-order valence-corrected chi connectivity index (χ4v) is 3.73. The van der Waals surface area contributed by atoms with Gasteiger partial charge in [0.15, 0.2) is 11.6 Å². The number of fused-ring (bicyclic) bond motifs is 2. The number of ether oxygens (including phenoxy) is 3. The van der Waals surface area contributed by atoms with Crippen LogP contribution in [0.3, 0.4) is 0 Å². The van der Waals surface area contributed by atoms with E-state index in [2.05, 4.69) is 4.90 Å². The van der Waals surface area contributed by atoms with Crippen molar-refractivity contribution < 1.29 is 24.1 Å². The molecule has 0 fully saturated rings. The number of carboxylic acid groups (broad SMARTS) is 1. The van der Waals surface area contributed by atoms with E-state index in [4.69, 9.17) is 19.2 Å². The van der Waals surface area contributed by atoms with Gasteiger partial charge in [0, 0.05) is 24.4 Å². The van der Waals surface area contributed by atoms with E-state index in [1.54, 1.807) is 37.0 Å². The summed E-state index contributed by atoms with van der Waals surface area (Å²) in [6, 6.07) is 6.97. The molecule has 3 aromatic rings. The molecule has 3 heterocycles. The molecule has 1 aliphatic heterocycles. The Kier molecular flexibility index (Phi) is 5.41. The van der Waals surface area contributed by atoms with Crippen molar-refractivity contribution in [2.75, 3.05) is 38.8 Å². The summed E-state index contributed by atoms with van der Waals surface area (Å²) in [5.41, 5.74) is 0.251. The Bertz CT molecular complexity index is 1220. The maximum absolute atomic E-state index is 12.9. The van der Waals surface area contributed by atoms with Crippen LogP contribution in [0.25, 0.3) is 11.0 Å². The van der Waals surface area contributed by atoms with Crippen molar-refractivity contribution in [1.29, 1.82) is 0 Å². The summed E-state index contributed by atoms with van der Waals surface area (Å²) >= 11 is 0. The van der Waals surface area contributed by atoms with Gasteiger partial charge in [-0.15, -0.1) is 0 Å². The van der Waals surface area contributed by atoms with E-state index in [0.717, 1.165) is 12.1 Å². The molecule has 4 rings (SSSR count). The summed E-state index contributed by atoms with van der Waals surface area (Å²) in [6.45, 7) is 4.17. The van der Waals surface area contributed by atoms with Crippen LogP contribution in [0.1, 0.15) is 22.8 Å². The summed E-state index contributed by atoms with van der Waals surface area (Å²) in [5, 5.41) is 9.79. The minimum absolute atomic E-state index is 0.198. The van der Waals surface area contributed by atoms with Gasteiger partial charge in [0.05, 0.1) is 32.7 Å². The molecule has 9 heteroatoms. The van der Waals surface area contributed by atoms with Gasteiger partial charge >= 0.3 is 5.97 Å². The van der Waals surface area contributed by atoms with Crippen LogP contribution < -0.4 is 24.5 Å². The number of nitrogens with zero attached hydrogens (tertiary/aromatic N) is 3. The zero-order valence-electron chi connectivity index (χ0n) is 17.5. The lowest BCUT2D eigenvalue weighted by Gasteiger charge is -2.29. The standard InChI is InChI=1S/C22H23N3O6/c1-4-24-7-8-31-18-10-15-19(26)16(22(27)28)12-25(20(15)23-21(18)24)11-13-5-6-14(29-2)9-17(13)30-3/h5-6,9-10,12H,4,7-8,11H2,1-3H3,(H,27,28). The van der Waals surface area contributed by atoms with Crippen molar-refractivity contribution >= 4 is 22.8 Å². The van der Waals surface area contributed by atoms with E-state index in [1.165, 1.54) is 6.20 Å². The Hall–Kier alpha value is -3.75. The lowest BCUT2D eigenvalue weighted by atomic mass is 10.1. The first-order valence-electron chi connectivity index (χ1n) is 9.87. The summed E-state index contributed by atoms with van der Waals surface area (Å²) in [5.74, 6) is 1.04. The van der Waals surface area contributed by atoms with E-state index in [1.807, 2.05) is 13.0 Å². The van der Waals surface area contributed by atoms with Gasteiger partial charge in [-0.05, 0) is 25.1 Å². The maximum atomic E-state index is 12.9. The van der Waals surface area contributed by atoms with Crippen molar-refractivity contribution in [2.45, 2.75) is 13.5 Å². The Morgan fingerprint density at radius 3 is 2.74 bits per heavy atom. The van der Waals surface area contributed by atoms with Crippen LogP contribution in [0.15, 0.2) is 35.3 Å². The van der Waals surface area contributed by atoms with Crippen LogP contribution in [0, 0.1) is 0 Å². The lowest BCUT2D eigenvalue weighted by Crippen LogP contribution is -2.33. The second-order valence-electron chi connectivity index (χ2n) is 7.09. The first-order chi connectivity index (χ1) is 15.0. The smallest absolute Gasteiger partial charge is 0.341 e. The molecule has 0 bridgehead atoms. The third-order valence-electron chi connectivity index (χ3n) is 5.36. The molecule has 1 N–H and O–H groups in total. The number of carbonyl (C=O) groups is 1. The Morgan fingerprint density at radius 1 is 1.26 bits per heavy atom. The number of carboxylic acids is 1. The van der Waals surface area contributed by atoms with Crippen LogP contribution in [0.5, 0.6) is 17.2 Å². The minimum atomic E-state index is -1.30. The number of hydrogen-bond acceptors (Lipinski definition) is 7. The molecular formula is C22H23N3O6. The van der Waals surface area contributed by atoms with E-state index >= 15 is 0 Å². The van der Waals surface area contributed by atoms with Crippen molar-refractivity contribution in [1.82, 2.24) is 9.55 Å². The van der Waals surface area contributed by atoms with Gasteiger partial charge in [-0.1, -0.05) is 0 Å². The normalized spacial score (nSPS) is 12.9. The highest BCUT2D eigenvalue weighted by Crippen LogP contribution is 2.33. The number of rotatable bonds is 6. The van der Waals surface area contributed by atoms with Crippen molar-refractivity contribution in [3.05, 3.63) is 51.8 Å². The summed E-state index contributed by atoms with van der Waals surface area (Å²) < 4.78 is 18.1. The molecule has 0 aliphatic carbocycles. The number of aromatic carboxylic acids is 1. The number of likely N-dealkylation sites (N-methyl/N-ethyl adjacent to an activating group) is 1. The SMILES string of the molecule is CCN1CCOc2cc3c(=O)c(C(=O)O)cn(Cc4ccc(OC)cc4OC)c3nc21. The van der Waals surface area contributed by atoms with Crippen LogP contribution in [0.4, 0.5) is 5.82 Å². The topological polar surface area (TPSA) is 103 Å². The number of pyridine rings is 2. The van der Waals surface area contributed by atoms with Gasteiger partial charge in [-0.2, -0.15) is 0 Å². The number of benzene rings is 1. The van der Waals surface area contributed by atoms with Crippen molar-refractivity contribution in [3.63, 3.8) is 0 Å². The third-order valence-corrected chi connectivity index (χ3v) is 5.36. The zero-order valence-corrected chi connectivity index (χ0v) is 17.5. The summed E-state index contributed by atoms with van der Waals surface area (Å²) in [7, 11) is 3.12. The largest absolute Gasteiger partial charge is 0.497 e. The molecule has 0 saturated heterocycles. The molecule has 0 atom stereocenters. The Balaban J connectivity index is 1.94. The molecule has 0 unspecified atom stereocenters. The molecule has 1 aromatic carbocycles. The predicted molar refractivity (Wildman–Crippen MR) is 115 cm³/mol. The van der Waals surface area contributed by atoms with Crippen LogP contribution in [-0.2, 0) is 6.54 Å². The quantitative estimate of drug-likeness (QED) is 0.642. The molecule has 9 nitrogen and oxygen atoms in total. The molecule has 0 amide bonds. The first kappa shape index (κ1) is 20.5. The number of methoxy groups -OCH3 is 2. The molecular weight excluding hydrogens is 402 g/mol. The fraction of sp³-hybridized carbons (Fsp3) is 0.318. The van der Waals surface area contributed by atoms with Crippen LogP contribution >= 0.6 is 0 Å². The van der Waals surface area contributed by atoms with Gasteiger partial charge in [0.2, 0.25) is 5.43 Å². The first-order valence-corrected chi connectivity index (χ1v) is 9.87. The molecule has 0 saturated carbocycles. The minimum Gasteiger partial charge on any atom is -0.497 e. The van der Waals surface area contributed by atoms with Gasteiger partial charge in [0.1, 0.15) is 29.3 Å². The molecule has 31 heavy (non-hydrogen) atoms. The fourth-order valence-electron chi connectivity index (χ4n) is 3.73. The van der Waals surface area contributed by atoms with Crippen molar-refractivity contribution in [3.8, 4) is 17.2 Å². The highest BCUT2D eigenvalue weighted by atomic mass is 16.5. The van der Waals surface area contributed by atoms with Crippen LogP contribution in [0.2, 0.25) is 0 Å². The number of aromatic nitrogens is 2. The number of anilines is 1. The van der Waals surface area contributed by atoms with Gasteiger partial charge < -0.3 is 28.8 Å². The third kappa shape index (κ3) is 3.63.